The Morgan fingerprint density at radius 1 is 1.36 bits per heavy atom. The summed E-state index contributed by atoms with van der Waals surface area (Å²) in [5, 5.41) is 0. The van der Waals surface area contributed by atoms with Crippen LogP contribution in [0.5, 0.6) is 5.75 Å². The first-order valence-corrected chi connectivity index (χ1v) is 4.76. The van der Waals surface area contributed by atoms with Crippen molar-refractivity contribution < 1.29 is 13.5 Å². The maximum Gasteiger partial charge on any atom is 0.387 e. The number of unbranched alkanes of at least 4 members (excludes halogenated alkanes) is 1. The molecule has 0 aliphatic carbocycles. The predicted octanol–water partition coefficient (Wildman–Crippen LogP) is 3.63. The fourth-order valence-electron chi connectivity index (χ4n) is 1.26. The van der Waals surface area contributed by atoms with E-state index in [1.54, 1.807) is 18.2 Å². The van der Waals surface area contributed by atoms with Crippen LogP contribution in [0, 0.1) is 0 Å². The van der Waals surface area contributed by atoms with Gasteiger partial charge < -0.3 is 4.74 Å². The van der Waals surface area contributed by atoms with E-state index in [1.807, 2.05) is 6.07 Å². The minimum atomic E-state index is -2.74. The molecule has 14 heavy (non-hydrogen) atoms. The van der Waals surface area contributed by atoms with E-state index in [9.17, 15) is 8.78 Å². The summed E-state index contributed by atoms with van der Waals surface area (Å²) in [4.78, 5) is 0. The molecule has 0 radical (unpaired) electrons. The molecule has 1 aromatic rings. The minimum absolute atomic E-state index is 0.244. The lowest BCUT2D eigenvalue weighted by molar-refractivity contribution is -0.0498. The summed E-state index contributed by atoms with van der Waals surface area (Å²) in [6.07, 6.45) is 3.08. The summed E-state index contributed by atoms with van der Waals surface area (Å²) in [7, 11) is 0. The zero-order valence-electron chi connectivity index (χ0n) is 8.17. The standard InChI is InChI=1S/C11H14F2O/c1-2-3-5-9-6-4-7-10(8-9)14-11(12)13/h4,6-8,11H,2-3,5H2,1H3. The number of halogens is 2. The molecule has 0 bridgehead atoms. The Balaban J connectivity index is 2.59. The summed E-state index contributed by atoms with van der Waals surface area (Å²) in [5.41, 5.74) is 1.05. The highest BCUT2D eigenvalue weighted by molar-refractivity contribution is 5.28. The van der Waals surface area contributed by atoms with Gasteiger partial charge in [0, 0.05) is 0 Å². The van der Waals surface area contributed by atoms with Crippen LogP contribution in [0.3, 0.4) is 0 Å². The Hall–Kier alpha value is -1.12. The molecular formula is C11H14F2O. The normalized spacial score (nSPS) is 10.6. The number of ether oxygens (including phenoxy) is 1. The van der Waals surface area contributed by atoms with Gasteiger partial charge in [-0.2, -0.15) is 8.78 Å². The molecule has 0 saturated carbocycles. The largest absolute Gasteiger partial charge is 0.435 e. The van der Waals surface area contributed by atoms with Gasteiger partial charge in [0.25, 0.3) is 0 Å². The molecule has 1 rings (SSSR count). The van der Waals surface area contributed by atoms with Crippen LogP contribution in [-0.4, -0.2) is 6.61 Å². The second-order valence-electron chi connectivity index (χ2n) is 3.13. The van der Waals surface area contributed by atoms with Gasteiger partial charge in [-0.1, -0.05) is 25.5 Å². The second-order valence-corrected chi connectivity index (χ2v) is 3.13. The average Bonchev–Trinajstić information content (AvgIpc) is 2.14. The summed E-state index contributed by atoms with van der Waals surface area (Å²) in [5.74, 6) is 0.244. The van der Waals surface area contributed by atoms with Crippen molar-refractivity contribution in [1.29, 1.82) is 0 Å². The van der Waals surface area contributed by atoms with E-state index in [-0.39, 0.29) is 5.75 Å². The molecule has 0 aromatic heterocycles. The summed E-state index contributed by atoms with van der Waals surface area (Å²) in [6, 6.07) is 6.88. The number of benzene rings is 1. The number of hydrogen-bond donors (Lipinski definition) is 0. The van der Waals surface area contributed by atoms with Crippen molar-refractivity contribution in [3.05, 3.63) is 29.8 Å². The topological polar surface area (TPSA) is 9.23 Å². The van der Waals surface area contributed by atoms with Gasteiger partial charge in [0.15, 0.2) is 0 Å². The molecule has 0 aliphatic rings. The third-order valence-corrected chi connectivity index (χ3v) is 1.94. The van der Waals surface area contributed by atoms with E-state index < -0.39 is 6.61 Å². The summed E-state index contributed by atoms with van der Waals surface area (Å²) < 4.78 is 28.1. The Labute approximate surface area is 82.7 Å². The molecule has 1 nitrogen and oxygen atoms in total. The third kappa shape index (κ3) is 3.73. The quantitative estimate of drug-likeness (QED) is 0.705. The summed E-state index contributed by atoms with van der Waals surface area (Å²) >= 11 is 0. The van der Waals surface area contributed by atoms with Gasteiger partial charge in [0.1, 0.15) is 5.75 Å². The minimum Gasteiger partial charge on any atom is -0.435 e. The van der Waals surface area contributed by atoms with E-state index in [1.165, 1.54) is 0 Å². The molecule has 0 atom stereocenters. The number of aryl methyl sites for hydroxylation is 1. The first-order chi connectivity index (χ1) is 6.72. The fraction of sp³-hybridized carbons (Fsp3) is 0.455. The van der Waals surface area contributed by atoms with Gasteiger partial charge in [0.05, 0.1) is 0 Å². The molecule has 1 aromatic carbocycles. The van der Waals surface area contributed by atoms with Crippen molar-refractivity contribution in [3.8, 4) is 5.75 Å². The van der Waals surface area contributed by atoms with Crippen molar-refractivity contribution in [3.63, 3.8) is 0 Å². The molecule has 0 spiro atoms. The van der Waals surface area contributed by atoms with Gasteiger partial charge >= 0.3 is 6.61 Å². The highest BCUT2D eigenvalue weighted by Crippen LogP contribution is 2.17. The molecule has 78 valence electrons. The maximum atomic E-state index is 11.9. The van der Waals surface area contributed by atoms with Gasteiger partial charge in [-0.15, -0.1) is 0 Å². The van der Waals surface area contributed by atoms with Crippen molar-refractivity contribution in [2.45, 2.75) is 32.8 Å². The number of alkyl halides is 2. The Morgan fingerprint density at radius 2 is 2.14 bits per heavy atom. The Morgan fingerprint density at radius 3 is 2.79 bits per heavy atom. The Kier molecular flexibility index (Phi) is 4.36. The Bertz CT molecular complexity index is 274. The van der Waals surface area contributed by atoms with Crippen molar-refractivity contribution in [1.82, 2.24) is 0 Å². The van der Waals surface area contributed by atoms with Crippen molar-refractivity contribution in [2.75, 3.05) is 0 Å². The van der Waals surface area contributed by atoms with Crippen LogP contribution in [0.25, 0.3) is 0 Å². The van der Waals surface area contributed by atoms with E-state index in [0.717, 1.165) is 24.8 Å². The number of hydrogen-bond acceptors (Lipinski definition) is 1. The van der Waals surface area contributed by atoms with Gasteiger partial charge in [-0.05, 0) is 30.5 Å². The summed E-state index contributed by atoms with van der Waals surface area (Å²) in [6.45, 7) is -0.643. The SMILES string of the molecule is CCCCc1cccc(OC(F)F)c1. The fourth-order valence-corrected chi connectivity index (χ4v) is 1.26. The second kappa shape index (κ2) is 5.58. The molecule has 3 heteroatoms. The monoisotopic (exact) mass is 200 g/mol. The molecule has 0 amide bonds. The lowest BCUT2D eigenvalue weighted by atomic mass is 10.1. The molecule has 0 heterocycles. The van der Waals surface area contributed by atoms with Crippen LogP contribution in [0.15, 0.2) is 24.3 Å². The predicted molar refractivity (Wildman–Crippen MR) is 51.7 cm³/mol. The molecule has 0 saturated heterocycles. The molecule has 0 N–H and O–H groups in total. The van der Waals surface area contributed by atoms with Crippen LogP contribution in [0.1, 0.15) is 25.3 Å². The first-order valence-electron chi connectivity index (χ1n) is 4.76. The van der Waals surface area contributed by atoms with Crippen molar-refractivity contribution in [2.24, 2.45) is 0 Å². The van der Waals surface area contributed by atoms with E-state index in [4.69, 9.17) is 0 Å². The third-order valence-electron chi connectivity index (χ3n) is 1.94. The van der Waals surface area contributed by atoms with Crippen LogP contribution < -0.4 is 4.74 Å². The first kappa shape index (κ1) is 11.0. The molecule has 0 fully saturated rings. The number of rotatable bonds is 5. The van der Waals surface area contributed by atoms with E-state index in [0.29, 0.717) is 0 Å². The van der Waals surface area contributed by atoms with Crippen LogP contribution in [-0.2, 0) is 6.42 Å². The van der Waals surface area contributed by atoms with Crippen molar-refractivity contribution >= 4 is 0 Å². The zero-order valence-corrected chi connectivity index (χ0v) is 8.17. The van der Waals surface area contributed by atoms with Crippen LogP contribution in [0.4, 0.5) is 8.78 Å². The van der Waals surface area contributed by atoms with Crippen LogP contribution in [0.2, 0.25) is 0 Å². The molecule has 0 aliphatic heterocycles. The van der Waals surface area contributed by atoms with E-state index >= 15 is 0 Å². The van der Waals surface area contributed by atoms with Crippen LogP contribution >= 0.6 is 0 Å². The lowest BCUT2D eigenvalue weighted by Gasteiger charge is -2.06. The smallest absolute Gasteiger partial charge is 0.387 e. The molecular weight excluding hydrogens is 186 g/mol. The van der Waals surface area contributed by atoms with Gasteiger partial charge in [-0.25, -0.2) is 0 Å². The van der Waals surface area contributed by atoms with Gasteiger partial charge in [-0.3, -0.25) is 0 Å². The lowest BCUT2D eigenvalue weighted by Crippen LogP contribution is -2.02. The average molecular weight is 200 g/mol. The molecule has 0 unspecified atom stereocenters. The van der Waals surface area contributed by atoms with Gasteiger partial charge in [0.2, 0.25) is 0 Å². The zero-order chi connectivity index (χ0) is 10.4. The maximum absolute atomic E-state index is 11.9. The highest BCUT2D eigenvalue weighted by Gasteiger charge is 2.03. The highest BCUT2D eigenvalue weighted by atomic mass is 19.3. The van der Waals surface area contributed by atoms with E-state index in [2.05, 4.69) is 11.7 Å².